The Morgan fingerprint density at radius 2 is 1.69 bits per heavy atom. The van der Waals surface area contributed by atoms with Crippen molar-refractivity contribution in [2.45, 2.75) is 25.2 Å². The SMILES string of the molecule is CCS(=O)(=O)c1ncc(N(Cc2ccccc2)Cc2ccco2)c(C(=O)Oc2ccc(OC)cc2)n1. The minimum absolute atomic E-state index is 0.171. The maximum Gasteiger partial charge on any atom is 0.364 e. The first-order chi connectivity index (χ1) is 17.4. The number of benzene rings is 2. The Kier molecular flexibility index (Phi) is 7.65. The quantitative estimate of drug-likeness (QED) is 0.176. The van der Waals surface area contributed by atoms with Crippen LogP contribution in [0.5, 0.6) is 11.5 Å². The van der Waals surface area contributed by atoms with Gasteiger partial charge in [0.15, 0.2) is 5.69 Å². The van der Waals surface area contributed by atoms with Crippen LogP contribution in [0.4, 0.5) is 5.69 Å². The van der Waals surface area contributed by atoms with E-state index < -0.39 is 21.0 Å². The van der Waals surface area contributed by atoms with Crippen molar-refractivity contribution in [3.63, 3.8) is 0 Å². The van der Waals surface area contributed by atoms with Gasteiger partial charge in [0.25, 0.3) is 0 Å². The summed E-state index contributed by atoms with van der Waals surface area (Å²) in [5, 5.41) is -0.437. The van der Waals surface area contributed by atoms with Crippen molar-refractivity contribution in [1.82, 2.24) is 9.97 Å². The summed E-state index contributed by atoms with van der Waals surface area (Å²) in [5.74, 6) is 0.472. The molecule has 2 heterocycles. The van der Waals surface area contributed by atoms with Gasteiger partial charge in [-0.25, -0.2) is 23.2 Å². The molecule has 0 amide bonds. The van der Waals surface area contributed by atoms with Crippen molar-refractivity contribution in [3.05, 3.63) is 96.2 Å². The number of rotatable bonds is 10. The minimum atomic E-state index is -3.77. The summed E-state index contributed by atoms with van der Waals surface area (Å²) in [7, 11) is -2.24. The smallest absolute Gasteiger partial charge is 0.364 e. The third kappa shape index (κ3) is 5.89. The Hall–Kier alpha value is -4.18. The number of methoxy groups -OCH3 is 1. The van der Waals surface area contributed by atoms with E-state index in [1.54, 1.807) is 36.6 Å². The molecule has 0 fully saturated rings. The lowest BCUT2D eigenvalue weighted by Gasteiger charge is -2.25. The van der Waals surface area contributed by atoms with Gasteiger partial charge in [-0.15, -0.1) is 0 Å². The Morgan fingerprint density at radius 3 is 2.33 bits per heavy atom. The van der Waals surface area contributed by atoms with E-state index in [-0.39, 0.29) is 23.7 Å². The van der Waals surface area contributed by atoms with E-state index in [0.29, 0.717) is 23.7 Å². The molecule has 0 saturated carbocycles. The Labute approximate surface area is 209 Å². The van der Waals surface area contributed by atoms with Crippen molar-refractivity contribution in [2.75, 3.05) is 17.8 Å². The number of esters is 1. The van der Waals surface area contributed by atoms with Crippen LogP contribution in [0.3, 0.4) is 0 Å². The predicted molar refractivity (Wildman–Crippen MR) is 133 cm³/mol. The summed E-state index contributed by atoms with van der Waals surface area (Å²) in [4.78, 5) is 23.4. The van der Waals surface area contributed by atoms with E-state index in [4.69, 9.17) is 13.9 Å². The summed E-state index contributed by atoms with van der Waals surface area (Å²) in [6.07, 6.45) is 2.90. The molecule has 36 heavy (non-hydrogen) atoms. The molecule has 0 unspecified atom stereocenters. The zero-order valence-corrected chi connectivity index (χ0v) is 20.6. The van der Waals surface area contributed by atoms with E-state index in [1.807, 2.05) is 41.3 Å². The van der Waals surface area contributed by atoms with Crippen LogP contribution in [-0.4, -0.2) is 37.2 Å². The molecular weight excluding hydrogens is 482 g/mol. The molecule has 0 spiro atoms. The summed E-state index contributed by atoms with van der Waals surface area (Å²) in [6.45, 7) is 2.15. The predicted octanol–water partition coefficient (Wildman–Crippen LogP) is 4.30. The highest BCUT2D eigenvalue weighted by molar-refractivity contribution is 7.91. The highest BCUT2D eigenvalue weighted by Gasteiger charge is 2.26. The van der Waals surface area contributed by atoms with Crippen molar-refractivity contribution in [2.24, 2.45) is 0 Å². The fourth-order valence-electron chi connectivity index (χ4n) is 3.44. The van der Waals surface area contributed by atoms with E-state index in [2.05, 4.69) is 9.97 Å². The van der Waals surface area contributed by atoms with Gasteiger partial charge in [-0.1, -0.05) is 37.3 Å². The van der Waals surface area contributed by atoms with Crippen LogP contribution < -0.4 is 14.4 Å². The molecule has 186 valence electrons. The first-order valence-electron chi connectivity index (χ1n) is 11.2. The number of aromatic nitrogens is 2. The number of furan rings is 1. The molecule has 2 aromatic heterocycles. The van der Waals surface area contributed by atoms with Gasteiger partial charge in [-0.2, -0.15) is 0 Å². The van der Waals surface area contributed by atoms with Crippen LogP contribution in [-0.2, 0) is 22.9 Å². The number of nitrogens with zero attached hydrogens (tertiary/aromatic N) is 3. The van der Waals surface area contributed by atoms with E-state index in [9.17, 15) is 13.2 Å². The number of anilines is 1. The monoisotopic (exact) mass is 507 g/mol. The number of sulfone groups is 1. The molecule has 0 N–H and O–H groups in total. The molecule has 9 nitrogen and oxygen atoms in total. The second kappa shape index (κ2) is 11.0. The molecular formula is C26H25N3O6S. The molecule has 0 aliphatic carbocycles. The topological polar surface area (TPSA) is 112 Å². The normalized spacial score (nSPS) is 11.2. The molecule has 0 aliphatic heterocycles. The minimum Gasteiger partial charge on any atom is -0.497 e. The maximum absolute atomic E-state index is 13.3. The van der Waals surface area contributed by atoms with Crippen molar-refractivity contribution in [1.29, 1.82) is 0 Å². The van der Waals surface area contributed by atoms with Gasteiger partial charge in [-0.05, 0) is 42.0 Å². The summed E-state index contributed by atoms with van der Waals surface area (Å²) in [6, 6.07) is 19.6. The van der Waals surface area contributed by atoms with Crippen LogP contribution in [0, 0.1) is 0 Å². The molecule has 0 saturated heterocycles. The van der Waals surface area contributed by atoms with Crippen LogP contribution in [0.25, 0.3) is 0 Å². The number of hydrogen-bond acceptors (Lipinski definition) is 9. The largest absolute Gasteiger partial charge is 0.497 e. The van der Waals surface area contributed by atoms with Crippen molar-refractivity contribution >= 4 is 21.5 Å². The first-order valence-corrected chi connectivity index (χ1v) is 12.8. The average Bonchev–Trinajstić information content (AvgIpc) is 3.42. The fourth-order valence-corrected chi connectivity index (χ4v) is 4.14. The summed E-state index contributed by atoms with van der Waals surface area (Å²) >= 11 is 0. The molecule has 0 atom stereocenters. The zero-order chi connectivity index (χ0) is 25.5. The van der Waals surface area contributed by atoms with Crippen LogP contribution in [0.2, 0.25) is 0 Å². The van der Waals surface area contributed by atoms with Crippen LogP contribution in [0.1, 0.15) is 28.7 Å². The van der Waals surface area contributed by atoms with Gasteiger partial charge >= 0.3 is 5.97 Å². The average molecular weight is 508 g/mol. The Morgan fingerprint density at radius 1 is 0.972 bits per heavy atom. The number of ether oxygens (including phenoxy) is 2. The van der Waals surface area contributed by atoms with Crippen LogP contribution in [0.15, 0.2) is 88.8 Å². The second-order valence-corrected chi connectivity index (χ2v) is 9.95. The lowest BCUT2D eigenvalue weighted by Crippen LogP contribution is -2.27. The fraction of sp³-hybridized carbons (Fsp3) is 0.192. The standard InChI is InChI=1S/C26H25N3O6S/c1-3-36(31,32)26-27-16-23(24(28-26)25(30)35-21-13-11-20(33-2)12-14-21)29(18-22-10-7-15-34-22)17-19-8-5-4-6-9-19/h4-16H,3,17-18H2,1-2H3. The molecule has 0 aliphatic rings. The second-order valence-electron chi connectivity index (χ2n) is 7.78. The lowest BCUT2D eigenvalue weighted by molar-refractivity contribution is 0.0728. The van der Waals surface area contributed by atoms with Gasteiger partial charge in [0.1, 0.15) is 17.3 Å². The number of carbonyl (C=O) groups excluding carboxylic acids is 1. The van der Waals surface area contributed by atoms with Gasteiger partial charge in [-0.3, -0.25) is 0 Å². The maximum atomic E-state index is 13.3. The Bertz CT molecular complexity index is 1410. The highest BCUT2D eigenvalue weighted by Crippen LogP contribution is 2.26. The van der Waals surface area contributed by atoms with Crippen molar-refractivity contribution < 1.29 is 27.1 Å². The van der Waals surface area contributed by atoms with E-state index in [0.717, 1.165) is 5.56 Å². The molecule has 10 heteroatoms. The number of carbonyl (C=O) groups is 1. The zero-order valence-electron chi connectivity index (χ0n) is 19.8. The van der Waals surface area contributed by atoms with E-state index in [1.165, 1.54) is 20.2 Å². The van der Waals surface area contributed by atoms with Gasteiger partial charge in [0.05, 0.1) is 37.6 Å². The van der Waals surface area contributed by atoms with Gasteiger partial charge < -0.3 is 18.8 Å². The lowest BCUT2D eigenvalue weighted by atomic mass is 10.2. The van der Waals surface area contributed by atoms with Crippen molar-refractivity contribution in [3.8, 4) is 11.5 Å². The molecule has 0 bridgehead atoms. The van der Waals surface area contributed by atoms with Crippen LogP contribution >= 0.6 is 0 Å². The molecule has 4 rings (SSSR count). The van der Waals surface area contributed by atoms with Gasteiger partial charge in [0.2, 0.25) is 15.0 Å². The number of hydrogen-bond donors (Lipinski definition) is 0. The summed E-state index contributed by atoms with van der Waals surface area (Å²) in [5.41, 5.74) is 1.10. The summed E-state index contributed by atoms with van der Waals surface area (Å²) < 4.78 is 41.2. The van der Waals surface area contributed by atoms with Gasteiger partial charge in [0, 0.05) is 6.54 Å². The molecule has 2 aromatic carbocycles. The third-order valence-electron chi connectivity index (χ3n) is 5.35. The first kappa shape index (κ1) is 24.9. The highest BCUT2D eigenvalue weighted by atomic mass is 32.2. The van der Waals surface area contributed by atoms with E-state index >= 15 is 0 Å². The Balaban J connectivity index is 1.77. The molecule has 4 aromatic rings. The molecule has 0 radical (unpaired) electrons. The third-order valence-corrected chi connectivity index (χ3v) is 6.87.